The Morgan fingerprint density at radius 3 is 2.94 bits per heavy atom. The zero-order valence-electron chi connectivity index (χ0n) is 9.03. The number of aryl methyl sites for hydroxylation is 1. The maximum absolute atomic E-state index is 4.23. The SMILES string of the molecule is Cc1ncc(CNCc2cccc(Br)c2)s1. The third-order valence-electron chi connectivity index (χ3n) is 2.19. The van der Waals surface area contributed by atoms with Gasteiger partial charge in [-0.15, -0.1) is 11.3 Å². The lowest BCUT2D eigenvalue weighted by molar-refractivity contribution is 0.700. The Bertz CT molecular complexity index is 468. The lowest BCUT2D eigenvalue weighted by Gasteiger charge is -2.03. The molecule has 1 aromatic heterocycles. The van der Waals surface area contributed by atoms with Crippen molar-refractivity contribution in [2.24, 2.45) is 0 Å². The number of thiazole rings is 1. The maximum atomic E-state index is 4.23. The van der Waals surface area contributed by atoms with Gasteiger partial charge in [0.25, 0.3) is 0 Å². The minimum atomic E-state index is 0.885. The van der Waals surface area contributed by atoms with Crippen LogP contribution in [0.4, 0.5) is 0 Å². The van der Waals surface area contributed by atoms with Gasteiger partial charge in [-0.05, 0) is 24.6 Å². The lowest BCUT2D eigenvalue weighted by atomic mass is 10.2. The summed E-state index contributed by atoms with van der Waals surface area (Å²) < 4.78 is 1.13. The van der Waals surface area contributed by atoms with Crippen LogP contribution < -0.4 is 5.32 Å². The van der Waals surface area contributed by atoms with Gasteiger partial charge in [0.15, 0.2) is 0 Å². The smallest absolute Gasteiger partial charge is 0.0897 e. The quantitative estimate of drug-likeness (QED) is 0.934. The van der Waals surface area contributed by atoms with E-state index in [1.165, 1.54) is 10.4 Å². The molecule has 0 aliphatic rings. The first-order valence-corrected chi connectivity index (χ1v) is 6.71. The van der Waals surface area contributed by atoms with Crippen molar-refractivity contribution in [2.45, 2.75) is 20.0 Å². The van der Waals surface area contributed by atoms with Crippen molar-refractivity contribution >= 4 is 27.3 Å². The molecule has 0 aliphatic carbocycles. The molecule has 0 aliphatic heterocycles. The van der Waals surface area contributed by atoms with Crippen molar-refractivity contribution in [1.82, 2.24) is 10.3 Å². The normalized spacial score (nSPS) is 10.6. The summed E-state index contributed by atoms with van der Waals surface area (Å²) >= 11 is 5.21. The van der Waals surface area contributed by atoms with Crippen LogP contribution in [0.15, 0.2) is 34.9 Å². The second-order valence-electron chi connectivity index (χ2n) is 3.58. The molecule has 0 unspecified atom stereocenters. The van der Waals surface area contributed by atoms with Crippen molar-refractivity contribution in [3.63, 3.8) is 0 Å². The molecule has 0 amide bonds. The minimum absolute atomic E-state index is 0.885. The van der Waals surface area contributed by atoms with Gasteiger partial charge >= 0.3 is 0 Å². The second-order valence-corrected chi connectivity index (χ2v) is 5.81. The van der Waals surface area contributed by atoms with Gasteiger partial charge in [-0.3, -0.25) is 0 Å². The van der Waals surface area contributed by atoms with E-state index in [1.807, 2.05) is 19.2 Å². The van der Waals surface area contributed by atoms with Gasteiger partial charge in [0.1, 0.15) is 0 Å². The molecule has 1 heterocycles. The average molecular weight is 297 g/mol. The average Bonchev–Trinajstić information content (AvgIpc) is 2.64. The van der Waals surface area contributed by atoms with Gasteiger partial charge in [0.2, 0.25) is 0 Å². The van der Waals surface area contributed by atoms with E-state index < -0.39 is 0 Å². The van der Waals surface area contributed by atoms with E-state index in [0.29, 0.717) is 0 Å². The van der Waals surface area contributed by atoms with E-state index in [-0.39, 0.29) is 0 Å². The van der Waals surface area contributed by atoms with E-state index in [9.17, 15) is 0 Å². The van der Waals surface area contributed by atoms with Crippen LogP contribution >= 0.6 is 27.3 Å². The van der Waals surface area contributed by atoms with Crippen molar-refractivity contribution < 1.29 is 0 Å². The van der Waals surface area contributed by atoms with Gasteiger partial charge in [0, 0.05) is 28.6 Å². The molecular weight excluding hydrogens is 284 g/mol. The van der Waals surface area contributed by atoms with Crippen molar-refractivity contribution in [2.75, 3.05) is 0 Å². The van der Waals surface area contributed by atoms with Gasteiger partial charge < -0.3 is 5.32 Å². The van der Waals surface area contributed by atoms with Crippen LogP contribution in [0.25, 0.3) is 0 Å². The molecule has 4 heteroatoms. The monoisotopic (exact) mass is 296 g/mol. The molecule has 2 aromatic rings. The Balaban J connectivity index is 1.84. The summed E-state index contributed by atoms with van der Waals surface area (Å²) in [5, 5.41) is 4.53. The number of halogens is 1. The molecule has 0 fully saturated rings. The molecule has 0 saturated heterocycles. The molecule has 0 radical (unpaired) electrons. The standard InChI is InChI=1S/C12H13BrN2S/c1-9-15-8-12(16-9)7-14-6-10-3-2-4-11(13)5-10/h2-5,8,14H,6-7H2,1H3. The Hall–Kier alpha value is -0.710. The van der Waals surface area contributed by atoms with Crippen LogP contribution in [0.2, 0.25) is 0 Å². The zero-order valence-corrected chi connectivity index (χ0v) is 11.4. The number of benzene rings is 1. The van der Waals surface area contributed by atoms with Gasteiger partial charge in [-0.2, -0.15) is 0 Å². The predicted molar refractivity (Wildman–Crippen MR) is 71.5 cm³/mol. The molecule has 0 spiro atoms. The van der Waals surface area contributed by atoms with E-state index in [4.69, 9.17) is 0 Å². The molecule has 16 heavy (non-hydrogen) atoms. The highest BCUT2D eigenvalue weighted by Gasteiger charge is 1.98. The van der Waals surface area contributed by atoms with Crippen molar-refractivity contribution in [1.29, 1.82) is 0 Å². The Kier molecular flexibility index (Phi) is 4.09. The third kappa shape index (κ3) is 3.40. The number of hydrogen-bond acceptors (Lipinski definition) is 3. The first kappa shape index (κ1) is 11.8. The maximum Gasteiger partial charge on any atom is 0.0897 e. The number of rotatable bonds is 4. The summed E-state index contributed by atoms with van der Waals surface area (Å²) in [5.74, 6) is 0. The first-order chi connectivity index (χ1) is 7.74. The number of nitrogens with one attached hydrogen (secondary N) is 1. The zero-order chi connectivity index (χ0) is 11.4. The van der Waals surface area contributed by atoms with Gasteiger partial charge in [0.05, 0.1) is 5.01 Å². The molecule has 1 N–H and O–H groups in total. The van der Waals surface area contributed by atoms with Gasteiger partial charge in [-0.25, -0.2) is 4.98 Å². The topological polar surface area (TPSA) is 24.9 Å². The Labute approximate surface area is 108 Å². The van der Waals surface area contributed by atoms with Crippen LogP contribution in [0.1, 0.15) is 15.4 Å². The first-order valence-electron chi connectivity index (χ1n) is 5.10. The second kappa shape index (κ2) is 5.57. The Morgan fingerprint density at radius 2 is 2.25 bits per heavy atom. The van der Waals surface area contributed by atoms with E-state index >= 15 is 0 Å². The Morgan fingerprint density at radius 1 is 1.38 bits per heavy atom. The molecule has 1 aromatic carbocycles. The van der Waals surface area contributed by atoms with E-state index in [0.717, 1.165) is 22.6 Å². The molecule has 2 nitrogen and oxygen atoms in total. The summed E-state index contributed by atoms with van der Waals surface area (Å²) in [6.45, 7) is 3.80. The highest BCUT2D eigenvalue weighted by molar-refractivity contribution is 9.10. The van der Waals surface area contributed by atoms with Crippen LogP contribution in [0.3, 0.4) is 0 Å². The summed E-state index contributed by atoms with van der Waals surface area (Å²) in [6.07, 6.45) is 1.94. The molecule has 0 atom stereocenters. The highest BCUT2D eigenvalue weighted by Crippen LogP contribution is 2.13. The molecular formula is C12H13BrN2S. The summed E-state index contributed by atoms with van der Waals surface area (Å²) in [6, 6.07) is 8.34. The number of nitrogens with zero attached hydrogens (tertiary/aromatic N) is 1. The van der Waals surface area contributed by atoms with Crippen LogP contribution in [-0.2, 0) is 13.1 Å². The summed E-state index contributed by atoms with van der Waals surface area (Å²) in [5.41, 5.74) is 1.29. The molecule has 0 bridgehead atoms. The third-order valence-corrected chi connectivity index (χ3v) is 3.59. The highest BCUT2D eigenvalue weighted by atomic mass is 79.9. The molecule has 2 rings (SSSR count). The fourth-order valence-electron chi connectivity index (χ4n) is 1.46. The fourth-order valence-corrected chi connectivity index (χ4v) is 2.68. The number of aromatic nitrogens is 1. The molecule has 0 saturated carbocycles. The largest absolute Gasteiger partial charge is 0.308 e. The fraction of sp³-hybridized carbons (Fsp3) is 0.250. The van der Waals surface area contributed by atoms with Crippen molar-refractivity contribution in [3.05, 3.63) is 50.4 Å². The van der Waals surface area contributed by atoms with E-state index in [2.05, 4.69) is 44.4 Å². The predicted octanol–water partition coefficient (Wildman–Crippen LogP) is 3.50. The summed E-state index contributed by atoms with van der Waals surface area (Å²) in [7, 11) is 0. The number of hydrogen-bond donors (Lipinski definition) is 1. The summed E-state index contributed by atoms with van der Waals surface area (Å²) in [4.78, 5) is 5.51. The van der Waals surface area contributed by atoms with E-state index in [1.54, 1.807) is 11.3 Å². The molecule has 84 valence electrons. The van der Waals surface area contributed by atoms with Gasteiger partial charge in [-0.1, -0.05) is 28.1 Å². The van der Waals surface area contributed by atoms with Crippen LogP contribution in [0, 0.1) is 6.92 Å². The van der Waals surface area contributed by atoms with Crippen LogP contribution in [-0.4, -0.2) is 4.98 Å². The lowest BCUT2D eigenvalue weighted by Crippen LogP contribution is -2.11. The van der Waals surface area contributed by atoms with Crippen LogP contribution in [0.5, 0.6) is 0 Å². The van der Waals surface area contributed by atoms with Crippen molar-refractivity contribution in [3.8, 4) is 0 Å². The minimum Gasteiger partial charge on any atom is -0.308 e.